The molecule has 0 aliphatic heterocycles. The zero-order valence-electron chi connectivity index (χ0n) is 30.8. The second-order valence-electron chi connectivity index (χ2n) is 12.6. The number of aliphatic hydroxyl groups is 1. The summed E-state index contributed by atoms with van der Waals surface area (Å²) in [5, 5.41) is 9.57. The summed E-state index contributed by atoms with van der Waals surface area (Å²) >= 11 is 0. The van der Waals surface area contributed by atoms with Crippen LogP contribution in [0, 0.1) is 0 Å². The van der Waals surface area contributed by atoms with E-state index < -0.39 is 6.10 Å². The van der Waals surface area contributed by atoms with E-state index in [0.717, 1.165) is 64.2 Å². The smallest absolute Gasteiger partial charge is 0.306 e. The molecule has 0 spiro atoms. The first-order valence-electron chi connectivity index (χ1n) is 19.5. The predicted octanol–water partition coefficient (Wildman–Crippen LogP) is 12.6. The average molecular weight is 655 g/mol. The van der Waals surface area contributed by atoms with Gasteiger partial charge in [-0.25, -0.2) is 0 Å². The Labute approximate surface area is 291 Å². The van der Waals surface area contributed by atoms with Crippen molar-refractivity contribution >= 4 is 5.97 Å². The minimum Gasteiger partial charge on any atom is -0.457 e. The van der Waals surface area contributed by atoms with Gasteiger partial charge >= 0.3 is 5.97 Å². The third-order valence-corrected chi connectivity index (χ3v) is 8.02. The molecule has 0 aromatic heterocycles. The van der Waals surface area contributed by atoms with Gasteiger partial charge in [0.1, 0.15) is 6.10 Å². The van der Waals surface area contributed by atoms with Gasteiger partial charge in [-0.15, -0.1) is 0 Å². The minimum atomic E-state index is -0.550. The van der Waals surface area contributed by atoms with Crippen molar-refractivity contribution in [2.45, 2.75) is 174 Å². The van der Waals surface area contributed by atoms with Crippen LogP contribution in [0.15, 0.2) is 72.9 Å². The van der Waals surface area contributed by atoms with Gasteiger partial charge in [0.2, 0.25) is 0 Å². The van der Waals surface area contributed by atoms with Crippen LogP contribution in [-0.4, -0.2) is 37.0 Å². The number of hydrogen-bond donors (Lipinski definition) is 1. The summed E-state index contributed by atoms with van der Waals surface area (Å²) in [5.41, 5.74) is 0. The Morgan fingerprint density at radius 1 is 0.532 bits per heavy atom. The number of esters is 1. The first-order valence-corrected chi connectivity index (χ1v) is 19.5. The summed E-state index contributed by atoms with van der Waals surface area (Å²) in [6.07, 6.45) is 53.7. The molecule has 4 heteroatoms. The molecule has 0 fully saturated rings. The highest BCUT2D eigenvalue weighted by Gasteiger charge is 2.13. The van der Waals surface area contributed by atoms with Crippen molar-refractivity contribution in [1.29, 1.82) is 0 Å². The average Bonchev–Trinajstić information content (AvgIpc) is 3.08. The van der Waals surface area contributed by atoms with Crippen molar-refractivity contribution in [1.82, 2.24) is 0 Å². The lowest BCUT2D eigenvalue weighted by Crippen LogP contribution is -2.27. The Hall–Kier alpha value is -2.17. The Morgan fingerprint density at radius 2 is 0.957 bits per heavy atom. The number of allylic oxidation sites excluding steroid dienone is 12. The van der Waals surface area contributed by atoms with Gasteiger partial charge in [0.15, 0.2) is 0 Å². The van der Waals surface area contributed by atoms with Crippen molar-refractivity contribution < 1.29 is 19.4 Å². The van der Waals surface area contributed by atoms with Crippen LogP contribution in [0.5, 0.6) is 0 Å². The summed E-state index contributed by atoms with van der Waals surface area (Å²) in [6, 6.07) is 0. The quantitative estimate of drug-likeness (QED) is 0.0420. The van der Waals surface area contributed by atoms with Crippen LogP contribution in [0.1, 0.15) is 168 Å². The molecule has 0 aliphatic rings. The minimum absolute atomic E-state index is 0.186. The summed E-state index contributed by atoms with van der Waals surface area (Å²) in [6.45, 7) is 5.17. The van der Waals surface area contributed by atoms with E-state index in [-0.39, 0.29) is 19.2 Å². The summed E-state index contributed by atoms with van der Waals surface area (Å²) in [4.78, 5) is 12.2. The van der Waals surface area contributed by atoms with Crippen molar-refractivity contribution in [3.05, 3.63) is 72.9 Å². The number of aliphatic hydroxyl groups excluding tert-OH is 1. The molecule has 47 heavy (non-hydrogen) atoms. The molecule has 270 valence electrons. The molecule has 0 aromatic carbocycles. The van der Waals surface area contributed by atoms with E-state index in [1.165, 1.54) is 83.5 Å². The van der Waals surface area contributed by atoms with E-state index in [2.05, 4.69) is 86.8 Å². The molecular weight excluding hydrogens is 580 g/mol. The van der Waals surface area contributed by atoms with Gasteiger partial charge in [-0.05, 0) is 83.5 Å². The number of ether oxygens (including phenoxy) is 2. The van der Waals surface area contributed by atoms with Gasteiger partial charge in [0.05, 0.1) is 13.2 Å². The molecule has 1 atom stereocenters. The molecule has 0 rings (SSSR count). The first-order chi connectivity index (χ1) is 23.2. The van der Waals surface area contributed by atoms with E-state index >= 15 is 0 Å². The van der Waals surface area contributed by atoms with Gasteiger partial charge in [-0.3, -0.25) is 4.79 Å². The fourth-order valence-corrected chi connectivity index (χ4v) is 5.11. The normalized spacial score (nSPS) is 13.2. The van der Waals surface area contributed by atoms with Crippen LogP contribution in [-0.2, 0) is 14.3 Å². The molecule has 0 amide bonds. The van der Waals surface area contributed by atoms with Crippen LogP contribution >= 0.6 is 0 Å². The topological polar surface area (TPSA) is 55.8 Å². The van der Waals surface area contributed by atoms with Crippen molar-refractivity contribution in [2.24, 2.45) is 0 Å². The van der Waals surface area contributed by atoms with E-state index in [0.29, 0.717) is 13.0 Å². The van der Waals surface area contributed by atoms with Crippen LogP contribution in [0.3, 0.4) is 0 Å². The molecule has 0 saturated heterocycles. The van der Waals surface area contributed by atoms with Gasteiger partial charge in [-0.2, -0.15) is 0 Å². The maximum Gasteiger partial charge on any atom is 0.306 e. The zero-order valence-corrected chi connectivity index (χ0v) is 30.8. The van der Waals surface area contributed by atoms with Gasteiger partial charge < -0.3 is 14.6 Å². The maximum atomic E-state index is 12.2. The largest absolute Gasteiger partial charge is 0.457 e. The monoisotopic (exact) mass is 655 g/mol. The number of unbranched alkanes of at least 4 members (excludes halogenated alkanes) is 15. The highest BCUT2D eigenvalue weighted by Crippen LogP contribution is 2.11. The van der Waals surface area contributed by atoms with Crippen molar-refractivity contribution in [2.75, 3.05) is 19.8 Å². The van der Waals surface area contributed by atoms with E-state index in [1.54, 1.807) is 0 Å². The van der Waals surface area contributed by atoms with Crippen molar-refractivity contribution in [3.8, 4) is 0 Å². The Kier molecular flexibility index (Phi) is 38.2. The fourth-order valence-electron chi connectivity index (χ4n) is 5.11. The van der Waals surface area contributed by atoms with Gasteiger partial charge in [-0.1, -0.05) is 151 Å². The van der Waals surface area contributed by atoms with Crippen LogP contribution < -0.4 is 0 Å². The standard InChI is InChI=1S/C43H74O4/c1-3-5-7-9-11-13-15-17-19-20-21-22-23-24-25-26-28-30-32-34-36-38-43(45)47-42(40-44)41-46-39-37-35-33-31-29-27-18-16-14-12-10-8-6-4-2/h5,7,11,13-14,16-17,19,21-22,24-25,42,44H,3-4,6,8-10,12,15,18,20,23,26-41H2,1-2H3/b7-5-,13-11-,16-14-,19-17-,22-21-,25-24-. The lowest BCUT2D eigenvalue weighted by atomic mass is 10.1. The van der Waals surface area contributed by atoms with E-state index in [4.69, 9.17) is 9.47 Å². The third-order valence-electron chi connectivity index (χ3n) is 8.02. The predicted molar refractivity (Wildman–Crippen MR) is 205 cm³/mol. The summed E-state index contributed by atoms with van der Waals surface area (Å²) < 4.78 is 11.1. The number of carbonyl (C=O) groups excluding carboxylic acids is 1. The third kappa shape index (κ3) is 38.2. The molecule has 0 aliphatic carbocycles. The second kappa shape index (κ2) is 40.0. The highest BCUT2D eigenvalue weighted by molar-refractivity contribution is 5.69. The highest BCUT2D eigenvalue weighted by atomic mass is 16.6. The van der Waals surface area contributed by atoms with Gasteiger partial charge in [0.25, 0.3) is 0 Å². The molecule has 1 N–H and O–H groups in total. The lowest BCUT2D eigenvalue weighted by molar-refractivity contribution is -0.154. The Bertz CT molecular complexity index is 820. The SMILES string of the molecule is CC/C=C\C/C=C\C/C=C\C/C=C\C/C=C\CCCCCCCC(=O)OC(CO)COCCCCCCCC/C=C\CCCCCC. The lowest BCUT2D eigenvalue weighted by Gasteiger charge is -2.15. The Morgan fingerprint density at radius 3 is 1.47 bits per heavy atom. The van der Waals surface area contributed by atoms with Crippen molar-refractivity contribution in [3.63, 3.8) is 0 Å². The molecule has 0 aromatic rings. The maximum absolute atomic E-state index is 12.2. The molecule has 0 heterocycles. The summed E-state index contributed by atoms with van der Waals surface area (Å²) in [5.74, 6) is -0.224. The molecular formula is C43H74O4. The molecule has 0 saturated carbocycles. The molecule has 0 radical (unpaired) electrons. The van der Waals surface area contributed by atoms with Crippen LogP contribution in [0.2, 0.25) is 0 Å². The first kappa shape index (κ1) is 44.8. The molecule has 0 bridgehead atoms. The fraction of sp³-hybridized carbons (Fsp3) is 0.698. The summed E-state index contributed by atoms with van der Waals surface area (Å²) in [7, 11) is 0. The van der Waals surface area contributed by atoms with Gasteiger partial charge in [0, 0.05) is 13.0 Å². The number of rotatable bonds is 35. The Balaban J connectivity index is 3.54. The number of hydrogen-bond acceptors (Lipinski definition) is 4. The number of carbonyl (C=O) groups is 1. The molecule has 4 nitrogen and oxygen atoms in total. The molecule has 1 unspecified atom stereocenters. The second-order valence-corrected chi connectivity index (χ2v) is 12.6. The van der Waals surface area contributed by atoms with Crippen LogP contribution in [0.4, 0.5) is 0 Å². The zero-order chi connectivity index (χ0) is 34.1. The van der Waals surface area contributed by atoms with Crippen LogP contribution in [0.25, 0.3) is 0 Å². The van der Waals surface area contributed by atoms with E-state index in [1.807, 2.05) is 0 Å². The van der Waals surface area contributed by atoms with E-state index in [9.17, 15) is 9.90 Å².